The van der Waals surface area contributed by atoms with E-state index in [0.717, 1.165) is 16.7 Å². The van der Waals surface area contributed by atoms with Crippen molar-refractivity contribution in [2.45, 2.75) is 18.9 Å². The Hall–Kier alpha value is -1.59. The Morgan fingerprint density at radius 3 is 2.67 bits per heavy atom. The molecule has 6 heteroatoms. The summed E-state index contributed by atoms with van der Waals surface area (Å²) in [6.07, 6.45) is 0. The van der Waals surface area contributed by atoms with Gasteiger partial charge in [-0.25, -0.2) is 0 Å². The first kappa shape index (κ1) is 15.8. The van der Waals surface area contributed by atoms with Crippen LogP contribution in [0.2, 0.25) is 5.02 Å². The molecule has 0 unspecified atom stereocenters. The van der Waals surface area contributed by atoms with Gasteiger partial charge in [-0.3, -0.25) is 10.1 Å². The number of rotatable bonds is 5. The van der Waals surface area contributed by atoms with Crippen LogP contribution in [-0.4, -0.2) is 4.92 Å². The van der Waals surface area contributed by atoms with Gasteiger partial charge in [0.05, 0.1) is 4.92 Å². The van der Waals surface area contributed by atoms with Crippen LogP contribution in [0.5, 0.6) is 5.75 Å². The number of benzene rings is 2. The maximum Gasteiger partial charge on any atom is 0.311 e. The third-order valence-corrected chi connectivity index (χ3v) is 3.97. The average Bonchev–Trinajstić information content (AvgIpc) is 2.46. The lowest BCUT2D eigenvalue weighted by Gasteiger charge is -2.09. The van der Waals surface area contributed by atoms with E-state index >= 15 is 0 Å². The fraction of sp³-hybridized carbons (Fsp3) is 0.200. The Bertz CT molecular complexity index is 676. The second kappa shape index (κ2) is 6.91. The quantitative estimate of drug-likeness (QED) is 0.421. The van der Waals surface area contributed by atoms with Gasteiger partial charge in [0.15, 0.2) is 5.75 Å². The largest absolute Gasteiger partial charge is 0.482 e. The number of nitrogens with zero attached hydrogens (tertiary/aromatic N) is 1. The van der Waals surface area contributed by atoms with Crippen LogP contribution >= 0.6 is 27.5 Å². The molecule has 0 fully saturated rings. The van der Waals surface area contributed by atoms with Crippen molar-refractivity contribution < 1.29 is 9.66 Å². The highest BCUT2D eigenvalue weighted by atomic mass is 79.9. The number of alkyl halides is 1. The molecule has 2 rings (SSSR count). The third-order valence-electron chi connectivity index (χ3n) is 2.97. The van der Waals surface area contributed by atoms with Crippen molar-refractivity contribution in [3.63, 3.8) is 0 Å². The van der Waals surface area contributed by atoms with E-state index in [4.69, 9.17) is 16.3 Å². The van der Waals surface area contributed by atoms with Crippen LogP contribution in [-0.2, 0) is 11.9 Å². The molecular formula is C15H13BrClNO3. The first-order valence-corrected chi connectivity index (χ1v) is 7.72. The maximum absolute atomic E-state index is 11.1. The fourth-order valence-corrected chi connectivity index (χ4v) is 2.47. The first-order valence-electron chi connectivity index (χ1n) is 6.22. The molecule has 0 aliphatic heterocycles. The van der Waals surface area contributed by atoms with Gasteiger partial charge in [-0.05, 0) is 30.2 Å². The maximum atomic E-state index is 11.1. The van der Waals surface area contributed by atoms with Gasteiger partial charge in [-0.15, -0.1) is 0 Å². The van der Waals surface area contributed by atoms with Crippen LogP contribution in [0.3, 0.4) is 0 Å². The molecule has 2 aromatic rings. The summed E-state index contributed by atoms with van der Waals surface area (Å²) in [5.41, 5.74) is 2.62. The van der Waals surface area contributed by atoms with Crippen LogP contribution in [0.4, 0.5) is 5.69 Å². The van der Waals surface area contributed by atoms with Gasteiger partial charge in [0.25, 0.3) is 0 Å². The molecule has 110 valence electrons. The molecule has 0 saturated heterocycles. The minimum Gasteiger partial charge on any atom is -0.482 e. The summed E-state index contributed by atoms with van der Waals surface area (Å²) in [7, 11) is 0. The van der Waals surface area contributed by atoms with E-state index in [2.05, 4.69) is 15.9 Å². The summed E-state index contributed by atoms with van der Waals surface area (Å²) < 4.78 is 5.56. The van der Waals surface area contributed by atoms with Gasteiger partial charge >= 0.3 is 5.69 Å². The van der Waals surface area contributed by atoms with Crippen LogP contribution in [0.1, 0.15) is 16.7 Å². The average molecular weight is 371 g/mol. The number of nitro benzene ring substituents is 1. The Kier molecular flexibility index (Phi) is 5.20. The molecule has 21 heavy (non-hydrogen) atoms. The van der Waals surface area contributed by atoms with E-state index in [-0.39, 0.29) is 18.0 Å². The summed E-state index contributed by atoms with van der Waals surface area (Å²) in [4.78, 5) is 10.7. The SMILES string of the molecule is Cc1ccc(COc2ccc(CBr)cc2[N+](=O)[O-])c(Cl)c1. The molecule has 0 amide bonds. The van der Waals surface area contributed by atoms with E-state index in [1.807, 2.05) is 25.1 Å². The summed E-state index contributed by atoms with van der Waals surface area (Å²) in [5.74, 6) is 0.237. The van der Waals surface area contributed by atoms with Crippen molar-refractivity contribution in [1.82, 2.24) is 0 Å². The van der Waals surface area contributed by atoms with Crippen LogP contribution in [0.15, 0.2) is 36.4 Å². The molecule has 0 aliphatic rings. The van der Waals surface area contributed by atoms with Crippen LogP contribution < -0.4 is 4.74 Å². The Morgan fingerprint density at radius 2 is 2.05 bits per heavy atom. The standard InChI is InChI=1S/C15H13BrClNO3/c1-10-2-4-12(13(17)6-10)9-21-15-5-3-11(8-16)7-14(15)18(19)20/h2-7H,8-9H2,1H3. The Labute approximate surface area is 136 Å². The predicted molar refractivity (Wildman–Crippen MR) is 86.2 cm³/mol. The molecule has 0 heterocycles. The molecule has 0 atom stereocenters. The highest BCUT2D eigenvalue weighted by Crippen LogP contribution is 2.30. The monoisotopic (exact) mass is 369 g/mol. The second-order valence-electron chi connectivity index (χ2n) is 4.58. The van der Waals surface area contributed by atoms with Crippen LogP contribution in [0, 0.1) is 17.0 Å². The predicted octanol–water partition coefficient (Wildman–Crippen LogP) is 5.03. The second-order valence-corrected chi connectivity index (χ2v) is 5.54. The molecule has 0 N–H and O–H groups in total. The van der Waals surface area contributed by atoms with E-state index in [1.54, 1.807) is 12.1 Å². The third kappa shape index (κ3) is 3.95. The first-order chi connectivity index (χ1) is 10.0. The van der Waals surface area contributed by atoms with Crippen molar-refractivity contribution >= 4 is 33.2 Å². The van der Waals surface area contributed by atoms with Crippen molar-refractivity contribution in [3.8, 4) is 5.75 Å². The minimum absolute atomic E-state index is 0.0461. The molecule has 0 bridgehead atoms. The highest BCUT2D eigenvalue weighted by Gasteiger charge is 2.16. The zero-order valence-electron chi connectivity index (χ0n) is 11.3. The van der Waals surface area contributed by atoms with E-state index in [9.17, 15) is 10.1 Å². The number of hydrogen-bond acceptors (Lipinski definition) is 3. The number of halogens is 2. The molecule has 4 nitrogen and oxygen atoms in total. The molecular weight excluding hydrogens is 358 g/mol. The number of nitro groups is 1. The number of hydrogen-bond donors (Lipinski definition) is 0. The molecule has 0 spiro atoms. The molecule has 0 aliphatic carbocycles. The lowest BCUT2D eigenvalue weighted by atomic mass is 10.1. The van der Waals surface area contributed by atoms with Gasteiger partial charge in [0.1, 0.15) is 6.61 Å². The van der Waals surface area contributed by atoms with Crippen molar-refractivity contribution in [1.29, 1.82) is 0 Å². The molecule has 2 aromatic carbocycles. The normalized spacial score (nSPS) is 10.4. The van der Waals surface area contributed by atoms with Crippen LogP contribution in [0.25, 0.3) is 0 Å². The van der Waals surface area contributed by atoms with Gasteiger partial charge in [-0.1, -0.05) is 45.7 Å². The van der Waals surface area contributed by atoms with Crippen molar-refractivity contribution in [2.75, 3.05) is 0 Å². The van der Waals surface area contributed by atoms with Crippen molar-refractivity contribution in [2.24, 2.45) is 0 Å². The molecule has 0 saturated carbocycles. The van der Waals surface area contributed by atoms with Crippen molar-refractivity contribution in [3.05, 3.63) is 68.2 Å². The zero-order chi connectivity index (χ0) is 15.4. The van der Waals surface area contributed by atoms with E-state index < -0.39 is 4.92 Å². The topological polar surface area (TPSA) is 52.4 Å². The Morgan fingerprint density at radius 1 is 1.29 bits per heavy atom. The van der Waals surface area contributed by atoms with E-state index in [0.29, 0.717) is 10.4 Å². The lowest BCUT2D eigenvalue weighted by molar-refractivity contribution is -0.386. The lowest BCUT2D eigenvalue weighted by Crippen LogP contribution is -2.00. The molecule has 0 aromatic heterocycles. The van der Waals surface area contributed by atoms with Gasteiger partial charge in [0.2, 0.25) is 0 Å². The smallest absolute Gasteiger partial charge is 0.311 e. The fourth-order valence-electron chi connectivity index (χ4n) is 1.84. The minimum atomic E-state index is -0.446. The summed E-state index contributed by atoms with van der Waals surface area (Å²) in [6.45, 7) is 2.13. The van der Waals surface area contributed by atoms with Gasteiger partial charge < -0.3 is 4.74 Å². The summed E-state index contributed by atoms with van der Waals surface area (Å²) in [5, 5.41) is 12.2. The van der Waals surface area contributed by atoms with E-state index in [1.165, 1.54) is 6.07 Å². The highest BCUT2D eigenvalue weighted by molar-refractivity contribution is 9.08. The molecule has 0 radical (unpaired) electrons. The summed E-state index contributed by atoms with van der Waals surface area (Å²) in [6, 6.07) is 10.5. The zero-order valence-corrected chi connectivity index (χ0v) is 13.6. The van der Waals surface area contributed by atoms with Gasteiger partial charge in [-0.2, -0.15) is 0 Å². The number of ether oxygens (including phenoxy) is 1. The number of aryl methyl sites for hydroxylation is 1. The Balaban J connectivity index is 2.21. The van der Waals surface area contributed by atoms with Gasteiger partial charge in [0, 0.05) is 22.0 Å². The summed E-state index contributed by atoms with van der Waals surface area (Å²) >= 11 is 9.40.